The van der Waals surface area contributed by atoms with Crippen molar-refractivity contribution in [1.29, 1.82) is 0 Å². The van der Waals surface area contributed by atoms with Crippen LogP contribution in [0.25, 0.3) is 16.9 Å². The van der Waals surface area contributed by atoms with Crippen molar-refractivity contribution >= 4 is 10.2 Å². The Morgan fingerprint density at radius 2 is 1.69 bits per heavy atom. The Morgan fingerprint density at radius 1 is 1.00 bits per heavy atom. The van der Waals surface area contributed by atoms with E-state index in [4.69, 9.17) is 0 Å². The molecule has 2 aliphatic carbocycles. The van der Waals surface area contributed by atoms with Crippen molar-refractivity contribution in [1.82, 2.24) is 19.0 Å². The molecule has 1 fully saturated rings. The number of imidazole rings is 1. The van der Waals surface area contributed by atoms with Crippen molar-refractivity contribution < 1.29 is 26.0 Å². The standard InChI is InChI=1S/C24H24F4N4O2S/c25-20-5-7-21(8-6-20)32-12-22(29-14-32)16-2-1-15-9-17-3-4-18(11-19(15)10-16)23(17)31-35(33,34)30-13-24(26,27)28/h1-2,5-8,10,12,14,17-18,23,30-31H,3-4,9,11,13H2/t17?,18-,23-/m1/s1. The zero-order valence-electron chi connectivity index (χ0n) is 18.6. The van der Waals surface area contributed by atoms with Gasteiger partial charge in [0.2, 0.25) is 0 Å². The summed E-state index contributed by atoms with van der Waals surface area (Å²) in [5.74, 6) is -0.297. The Kier molecular flexibility index (Phi) is 6.18. The van der Waals surface area contributed by atoms with E-state index in [9.17, 15) is 26.0 Å². The lowest BCUT2D eigenvalue weighted by molar-refractivity contribution is -0.121. The molecule has 186 valence electrons. The monoisotopic (exact) mass is 508 g/mol. The van der Waals surface area contributed by atoms with Crippen LogP contribution in [0.15, 0.2) is 55.0 Å². The molecule has 1 heterocycles. The van der Waals surface area contributed by atoms with Crippen LogP contribution in [0.1, 0.15) is 24.0 Å². The largest absolute Gasteiger partial charge is 0.402 e. The molecule has 0 aliphatic heterocycles. The van der Waals surface area contributed by atoms with Crippen LogP contribution in [0.3, 0.4) is 0 Å². The fraction of sp³-hybridized carbons (Fsp3) is 0.375. The normalized spacial score (nSPS) is 22.1. The minimum atomic E-state index is -4.62. The van der Waals surface area contributed by atoms with Gasteiger partial charge in [-0.2, -0.15) is 31.0 Å². The van der Waals surface area contributed by atoms with Crippen LogP contribution in [-0.2, 0) is 23.1 Å². The molecule has 1 saturated carbocycles. The molecule has 2 bridgehead atoms. The molecule has 11 heteroatoms. The topological polar surface area (TPSA) is 76.0 Å². The molecule has 0 amide bonds. The fourth-order valence-electron chi connectivity index (χ4n) is 5.19. The number of fused-ring (bicyclic) bond motifs is 3. The van der Waals surface area contributed by atoms with Gasteiger partial charge in [-0.3, -0.25) is 0 Å². The van der Waals surface area contributed by atoms with Crippen molar-refractivity contribution in [3.05, 3.63) is 71.9 Å². The second kappa shape index (κ2) is 9.03. The minimum Gasteiger partial charge on any atom is -0.306 e. The summed E-state index contributed by atoms with van der Waals surface area (Å²) in [6.07, 6.45) is 1.82. The molecule has 5 rings (SSSR count). The van der Waals surface area contributed by atoms with Crippen LogP contribution in [0.5, 0.6) is 0 Å². The highest BCUT2D eigenvalue weighted by atomic mass is 32.2. The van der Waals surface area contributed by atoms with E-state index in [1.807, 2.05) is 18.3 Å². The molecule has 2 N–H and O–H groups in total. The van der Waals surface area contributed by atoms with Gasteiger partial charge in [0.1, 0.15) is 12.4 Å². The summed E-state index contributed by atoms with van der Waals surface area (Å²) in [6.45, 7) is -1.60. The highest BCUT2D eigenvalue weighted by Crippen LogP contribution is 2.41. The molecule has 6 nitrogen and oxygen atoms in total. The predicted molar refractivity (Wildman–Crippen MR) is 122 cm³/mol. The Hall–Kier alpha value is -2.76. The van der Waals surface area contributed by atoms with Gasteiger partial charge in [-0.25, -0.2) is 9.37 Å². The van der Waals surface area contributed by atoms with E-state index in [0.29, 0.717) is 12.8 Å². The summed E-state index contributed by atoms with van der Waals surface area (Å²) in [7, 11) is -4.28. The summed E-state index contributed by atoms with van der Waals surface area (Å²) >= 11 is 0. The number of rotatable bonds is 6. The van der Waals surface area contributed by atoms with E-state index < -0.39 is 29.0 Å². The van der Waals surface area contributed by atoms with Crippen LogP contribution in [0.4, 0.5) is 17.6 Å². The quantitative estimate of drug-likeness (QED) is 0.491. The molecule has 2 aliphatic rings. The van der Waals surface area contributed by atoms with Crippen LogP contribution < -0.4 is 9.44 Å². The van der Waals surface area contributed by atoms with Crippen LogP contribution >= 0.6 is 0 Å². The van der Waals surface area contributed by atoms with E-state index >= 15 is 0 Å². The second-order valence-corrected chi connectivity index (χ2v) is 10.7. The molecular weight excluding hydrogens is 484 g/mol. The van der Waals surface area contributed by atoms with Gasteiger partial charge in [-0.05, 0) is 79.0 Å². The first-order chi connectivity index (χ1) is 16.6. The van der Waals surface area contributed by atoms with Crippen LogP contribution in [-0.4, -0.2) is 36.7 Å². The number of hydrogen-bond acceptors (Lipinski definition) is 3. The van der Waals surface area contributed by atoms with E-state index in [-0.39, 0.29) is 17.7 Å². The molecule has 1 unspecified atom stereocenters. The van der Waals surface area contributed by atoms with E-state index in [2.05, 4.69) is 15.8 Å². The van der Waals surface area contributed by atoms with Crippen molar-refractivity contribution in [3.63, 3.8) is 0 Å². The highest BCUT2D eigenvalue weighted by molar-refractivity contribution is 7.87. The Labute approximate surface area is 200 Å². The van der Waals surface area contributed by atoms with Crippen LogP contribution in [0.2, 0.25) is 0 Å². The molecule has 1 aromatic heterocycles. The molecular formula is C24H24F4N4O2S. The number of nitrogens with zero attached hydrogens (tertiary/aromatic N) is 2. The number of halogens is 4. The Morgan fingerprint density at radius 3 is 2.37 bits per heavy atom. The Bertz CT molecular complexity index is 1320. The third-order valence-corrected chi connectivity index (χ3v) is 7.96. The van der Waals surface area contributed by atoms with Gasteiger partial charge in [-0.15, -0.1) is 0 Å². The molecule has 3 atom stereocenters. The molecule has 3 aromatic rings. The summed E-state index contributed by atoms with van der Waals surface area (Å²) < 4.78 is 81.2. The van der Waals surface area contributed by atoms with E-state index in [1.54, 1.807) is 27.7 Å². The highest BCUT2D eigenvalue weighted by Gasteiger charge is 2.41. The zero-order valence-corrected chi connectivity index (χ0v) is 19.4. The number of aromatic nitrogens is 2. The number of hydrogen-bond donors (Lipinski definition) is 2. The van der Waals surface area contributed by atoms with Gasteiger partial charge in [0.25, 0.3) is 10.2 Å². The summed E-state index contributed by atoms with van der Waals surface area (Å²) in [4.78, 5) is 4.49. The van der Waals surface area contributed by atoms with Crippen molar-refractivity contribution in [2.24, 2.45) is 11.8 Å². The van der Waals surface area contributed by atoms with Crippen molar-refractivity contribution in [2.45, 2.75) is 37.9 Å². The SMILES string of the molecule is O=S(=O)(NCC(F)(F)F)N[C@@H]1C2CC[C@@H]1Cc1cc(-c3cn(-c4ccc(F)cc4)cn3)ccc1C2. The summed E-state index contributed by atoms with van der Waals surface area (Å²) in [5, 5.41) is 0. The lowest BCUT2D eigenvalue weighted by Crippen LogP contribution is -2.49. The first-order valence-electron chi connectivity index (χ1n) is 11.3. The number of benzene rings is 2. The van der Waals surface area contributed by atoms with Crippen molar-refractivity contribution in [3.8, 4) is 16.9 Å². The predicted octanol–water partition coefficient (Wildman–Crippen LogP) is 4.16. The first kappa shape index (κ1) is 24.0. The Balaban J connectivity index is 1.34. The molecule has 2 aromatic carbocycles. The molecule has 35 heavy (non-hydrogen) atoms. The fourth-order valence-corrected chi connectivity index (χ4v) is 6.37. The van der Waals surface area contributed by atoms with Gasteiger partial charge in [-0.1, -0.05) is 12.1 Å². The lowest BCUT2D eigenvalue weighted by atomic mass is 9.91. The first-order valence-corrected chi connectivity index (χ1v) is 12.8. The summed E-state index contributed by atoms with van der Waals surface area (Å²) in [5.41, 5.74) is 4.66. The lowest BCUT2D eigenvalue weighted by Gasteiger charge is -2.23. The zero-order chi connectivity index (χ0) is 24.8. The summed E-state index contributed by atoms with van der Waals surface area (Å²) in [6, 6.07) is 11.7. The van der Waals surface area contributed by atoms with Gasteiger partial charge >= 0.3 is 6.18 Å². The molecule has 0 spiro atoms. The second-order valence-electron chi connectivity index (χ2n) is 9.22. The third-order valence-electron chi connectivity index (χ3n) is 6.85. The smallest absolute Gasteiger partial charge is 0.306 e. The number of alkyl halides is 3. The molecule has 0 radical (unpaired) electrons. The maximum Gasteiger partial charge on any atom is 0.402 e. The van der Waals surface area contributed by atoms with Crippen LogP contribution in [0, 0.1) is 17.7 Å². The third kappa shape index (κ3) is 5.41. The average molecular weight is 509 g/mol. The number of nitrogens with one attached hydrogen (secondary N) is 2. The molecule has 0 saturated heterocycles. The van der Waals surface area contributed by atoms with Gasteiger partial charge in [0.15, 0.2) is 0 Å². The van der Waals surface area contributed by atoms with Gasteiger partial charge in [0.05, 0.1) is 12.0 Å². The van der Waals surface area contributed by atoms with Crippen molar-refractivity contribution in [2.75, 3.05) is 6.54 Å². The minimum absolute atomic E-state index is 0.00395. The maximum absolute atomic E-state index is 13.2. The van der Waals surface area contributed by atoms with Gasteiger partial charge in [0, 0.05) is 23.5 Å². The average Bonchev–Trinajstić information content (AvgIpc) is 3.37. The van der Waals surface area contributed by atoms with Gasteiger partial charge < -0.3 is 4.57 Å². The van der Waals surface area contributed by atoms with E-state index in [1.165, 1.54) is 12.1 Å². The maximum atomic E-state index is 13.2. The van der Waals surface area contributed by atoms with E-state index in [0.717, 1.165) is 40.9 Å².